The monoisotopic (exact) mass is 691 g/mol. The van der Waals surface area contributed by atoms with Gasteiger partial charge >= 0.3 is 0 Å². The number of nitrogens with zero attached hydrogens (tertiary/aromatic N) is 3. The molecule has 0 N–H and O–H groups in total. The normalized spacial score (nSPS) is 11.7. The van der Waals surface area contributed by atoms with Gasteiger partial charge in [0.1, 0.15) is 11.1 Å². The summed E-state index contributed by atoms with van der Waals surface area (Å²) in [5.41, 5.74) is 14.3. The van der Waals surface area contributed by atoms with Crippen LogP contribution in [0.25, 0.3) is 77.3 Å². The predicted molar refractivity (Wildman–Crippen MR) is 225 cm³/mol. The maximum atomic E-state index is 6.56. The first-order chi connectivity index (χ1) is 26.8. The van der Waals surface area contributed by atoms with Crippen molar-refractivity contribution < 1.29 is 4.42 Å². The molecule has 254 valence electrons. The van der Waals surface area contributed by atoms with Crippen LogP contribution in [0.15, 0.2) is 205 Å². The van der Waals surface area contributed by atoms with Crippen LogP contribution >= 0.6 is 0 Å². The molecule has 8 aromatic carbocycles. The van der Waals surface area contributed by atoms with E-state index in [2.05, 4.69) is 208 Å². The fourth-order valence-electron chi connectivity index (χ4n) is 8.28. The van der Waals surface area contributed by atoms with E-state index < -0.39 is 0 Å². The van der Waals surface area contributed by atoms with Crippen LogP contribution in [0.2, 0.25) is 0 Å². The van der Waals surface area contributed by atoms with Gasteiger partial charge in [-0.15, -0.1) is 0 Å². The molecule has 3 heterocycles. The first-order valence-corrected chi connectivity index (χ1v) is 18.4. The molecule has 0 atom stereocenters. The molecule has 11 rings (SSSR count). The van der Waals surface area contributed by atoms with E-state index in [1.165, 1.54) is 21.8 Å². The molecule has 54 heavy (non-hydrogen) atoms. The van der Waals surface area contributed by atoms with Crippen molar-refractivity contribution in [3.8, 4) is 22.5 Å². The largest absolute Gasteiger partial charge is 0.454 e. The molecule has 0 bridgehead atoms. The Bertz CT molecular complexity index is 3140. The SMILES string of the molecule is c1ccc(N(c2ccc(-c3ccc4c(c3)c3oc5ccccc5c3n4-c3ccccc3)cc2)c2ccc3c(c2)c2ccccc2n3-c2ccccc2)cc1. The van der Waals surface area contributed by atoms with Crippen molar-refractivity contribution in [3.63, 3.8) is 0 Å². The molecule has 11 aromatic rings. The second-order valence-corrected chi connectivity index (χ2v) is 13.8. The van der Waals surface area contributed by atoms with E-state index in [1.54, 1.807) is 0 Å². The molecule has 0 saturated heterocycles. The highest BCUT2D eigenvalue weighted by molar-refractivity contribution is 6.17. The lowest BCUT2D eigenvalue weighted by molar-refractivity contribution is 0.673. The molecule has 0 saturated carbocycles. The van der Waals surface area contributed by atoms with E-state index in [-0.39, 0.29) is 0 Å². The summed E-state index contributed by atoms with van der Waals surface area (Å²) in [5, 5.41) is 4.66. The molecular weight excluding hydrogens is 659 g/mol. The molecule has 0 amide bonds. The summed E-state index contributed by atoms with van der Waals surface area (Å²) >= 11 is 0. The average Bonchev–Trinajstić information content (AvgIpc) is 3.89. The summed E-state index contributed by atoms with van der Waals surface area (Å²) in [6.07, 6.45) is 0. The minimum atomic E-state index is 0.896. The zero-order chi connectivity index (χ0) is 35.6. The van der Waals surface area contributed by atoms with Gasteiger partial charge in [0.05, 0.1) is 16.6 Å². The smallest absolute Gasteiger partial charge is 0.161 e. The molecule has 0 aliphatic carbocycles. The number of benzene rings is 8. The summed E-state index contributed by atoms with van der Waals surface area (Å²) in [6, 6.07) is 71.3. The minimum absolute atomic E-state index is 0.896. The Morgan fingerprint density at radius 2 is 0.889 bits per heavy atom. The standard InChI is InChI=1S/C50H33N3O/c1-4-14-36(15-5-1)51(40-29-31-46-43(33-40)41-20-10-12-22-45(41)52(46)37-16-6-2-7-17-37)39-27-24-34(25-28-39)35-26-30-47-44(32-35)50-49(42-21-11-13-23-48(42)54-50)53(47)38-18-8-3-9-19-38/h1-33H. The fourth-order valence-corrected chi connectivity index (χ4v) is 8.28. The number of fused-ring (bicyclic) bond motifs is 8. The van der Waals surface area contributed by atoms with E-state index in [0.717, 1.165) is 72.5 Å². The zero-order valence-electron chi connectivity index (χ0n) is 29.3. The Hall–Kier alpha value is -7.30. The van der Waals surface area contributed by atoms with E-state index in [0.29, 0.717) is 0 Å². The molecule has 4 nitrogen and oxygen atoms in total. The Balaban J connectivity index is 1.04. The van der Waals surface area contributed by atoms with Crippen molar-refractivity contribution >= 4 is 71.8 Å². The number of aromatic nitrogens is 2. The molecular formula is C50H33N3O. The van der Waals surface area contributed by atoms with Crippen LogP contribution in [-0.4, -0.2) is 9.13 Å². The van der Waals surface area contributed by atoms with Gasteiger partial charge in [0.25, 0.3) is 0 Å². The summed E-state index contributed by atoms with van der Waals surface area (Å²) in [4.78, 5) is 2.35. The molecule has 0 spiro atoms. The van der Waals surface area contributed by atoms with Gasteiger partial charge in [0.15, 0.2) is 5.58 Å². The van der Waals surface area contributed by atoms with Gasteiger partial charge in [0, 0.05) is 50.0 Å². The first kappa shape index (κ1) is 30.3. The minimum Gasteiger partial charge on any atom is -0.454 e. The second kappa shape index (κ2) is 12.1. The number of hydrogen-bond donors (Lipinski definition) is 0. The summed E-state index contributed by atoms with van der Waals surface area (Å²) < 4.78 is 11.3. The summed E-state index contributed by atoms with van der Waals surface area (Å²) in [6.45, 7) is 0. The van der Waals surface area contributed by atoms with Crippen LogP contribution in [0.1, 0.15) is 0 Å². The molecule has 0 aliphatic rings. The van der Waals surface area contributed by atoms with Crippen LogP contribution < -0.4 is 4.90 Å². The number of rotatable bonds is 6. The van der Waals surface area contributed by atoms with Crippen LogP contribution in [0, 0.1) is 0 Å². The Labute approximate surface area is 312 Å². The maximum absolute atomic E-state index is 6.56. The quantitative estimate of drug-likeness (QED) is 0.173. The lowest BCUT2D eigenvalue weighted by Crippen LogP contribution is -2.09. The highest BCUT2D eigenvalue weighted by atomic mass is 16.3. The lowest BCUT2D eigenvalue weighted by Gasteiger charge is -2.26. The topological polar surface area (TPSA) is 26.2 Å². The van der Waals surface area contributed by atoms with E-state index in [9.17, 15) is 0 Å². The van der Waals surface area contributed by atoms with Crippen LogP contribution in [-0.2, 0) is 0 Å². The van der Waals surface area contributed by atoms with Crippen molar-refractivity contribution in [1.29, 1.82) is 0 Å². The van der Waals surface area contributed by atoms with E-state index in [4.69, 9.17) is 4.42 Å². The lowest BCUT2D eigenvalue weighted by atomic mass is 10.0. The van der Waals surface area contributed by atoms with Gasteiger partial charge in [-0.2, -0.15) is 0 Å². The van der Waals surface area contributed by atoms with Gasteiger partial charge in [0.2, 0.25) is 0 Å². The molecule has 4 heteroatoms. The fraction of sp³-hybridized carbons (Fsp3) is 0. The molecule has 0 fully saturated rings. The van der Waals surface area contributed by atoms with Crippen molar-refractivity contribution in [1.82, 2.24) is 9.13 Å². The Morgan fingerprint density at radius 3 is 1.65 bits per heavy atom. The Kier molecular flexibility index (Phi) is 6.82. The van der Waals surface area contributed by atoms with E-state index >= 15 is 0 Å². The highest BCUT2D eigenvalue weighted by Crippen LogP contribution is 2.42. The third-order valence-corrected chi connectivity index (χ3v) is 10.7. The number of para-hydroxylation sites is 5. The zero-order valence-corrected chi connectivity index (χ0v) is 29.3. The van der Waals surface area contributed by atoms with Gasteiger partial charge < -0.3 is 18.5 Å². The van der Waals surface area contributed by atoms with Crippen molar-refractivity contribution in [3.05, 3.63) is 200 Å². The van der Waals surface area contributed by atoms with Crippen LogP contribution in [0.5, 0.6) is 0 Å². The summed E-state index contributed by atoms with van der Waals surface area (Å²) in [7, 11) is 0. The molecule has 0 aliphatic heterocycles. The summed E-state index contributed by atoms with van der Waals surface area (Å²) in [5.74, 6) is 0. The number of hydrogen-bond acceptors (Lipinski definition) is 2. The third kappa shape index (κ3) is 4.70. The average molecular weight is 692 g/mol. The first-order valence-electron chi connectivity index (χ1n) is 18.4. The van der Waals surface area contributed by atoms with Crippen molar-refractivity contribution in [2.45, 2.75) is 0 Å². The second-order valence-electron chi connectivity index (χ2n) is 13.8. The van der Waals surface area contributed by atoms with Gasteiger partial charge in [-0.3, -0.25) is 0 Å². The van der Waals surface area contributed by atoms with E-state index in [1.807, 2.05) is 6.07 Å². The molecule has 3 aromatic heterocycles. The third-order valence-electron chi connectivity index (χ3n) is 10.7. The maximum Gasteiger partial charge on any atom is 0.161 e. The number of furan rings is 1. The molecule has 0 unspecified atom stereocenters. The molecule has 0 radical (unpaired) electrons. The van der Waals surface area contributed by atoms with Gasteiger partial charge in [-0.25, -0.2) is 0 Å². The van der Waals surface area contributed by atoms with Crippen molar-refractivity contribution in [2.75, 3.05) is 4.90 Å². The van der Waals surface area contributed by atoms with Gasteiger partial charge in [-0.05, 0) is 108 Å². The van der Waals surface area contributed by atoms with Crippen LogP contribution in [0.4, 0.5) is 17.1 Å². The number of anilines is 3. The highest BCUT2D eigenvalue weighted by Gasteiger charge is 2.21. The van der Waals surface area contributed by atoms with Crippen LogP contribution in [0.3, 0.4) is 0 Å². The van der Waals surface area contributed by atoms with Gasteiger partial charge in [-0.1, -0.05) is 103 Å². The predicted octanol–water partition coefficient (Wildman–Crippen LogP) is 13.8. The Morgan fingerprint density at radius 1 is 0.352 bits per heavy atom. The van der Waals surface area contributed by atoms with Crippen molar-refractivity contribution in [2.24, 2.45) is 0 Å².